The maximum atomic E-state index is 13.5. The molecule has 9 nitrogen and oxygen atoms in total. The van der Waals surface area contributed by atoms with Gasteiger partial charge in [-0.3, -0.25) is 9.59 Å². The summed E-state index contributed by atoms with van der Waals surface area (Å²) in [6.07, 6.45) is 4.37. The van der Waals surface area contributed by atoms with Crippen molar-refractivity contribution in [3.63, 3.8) is 0 Å². The number of nitrogens with one attached hydrogen (secondary N) is 1. The third-order valence-electron chi connectivity index (χ3n) is 6.89. The third-order valence-corrected chi connectivity index (χ3v) is 6.89. The Kier molecular flexibility index (Phi) is 6.69. The van der Waals surface area contributed by atoms with Crippen LogP contribution in [0, 0.1) is 13.8 Å². The summed E-state index contributed by atoms with van der Waals surface area (Å²) in [5.41, 5.74) is 5.07. The van der Waals surface area contributed by atoms with E-state index in [1.54, 1.807) is 25.1 Å². The van der Waals surface area contributed by atoms with Crippen LogP contribution in [-0.4, -0.2) is 46.2 Å². The number of amides is 1. The highest BCUT2D eigenvalue weighted by atomic mass is 16.5. The number of nitrogens with zero attached hydrogens (tertiary/aromatic N) is 4. The van der Waals surface area contributed by atoms with Gasteiger partial charge in [0, 0.05) is 17.8 Å². The van der Waals surface area contributed by atoms with E-state index in [4.69, 9.17) is 9.47 Å². The van der Waals surface area contributed by atoms with Gasteiger partial charge in [0.05, 0.1) is 31.8 Å². The fourth-order valence-corrected chi connectivity index (χ4v) is 4.49. The van der Waals surface area contributed by atoms with Gasteiger partial charge in [0.2, 0.25) is 5.91 Å². The zero-order valence-electron chi connectivity index (χ0n) is 21.6. The Labute approximate surface area is 215 Å². The van der Waals surface area contributed by atoms with E-state index in [2.05, 4.69) is 15.5 Å². The van der Waals surface area contributed by atoms with E-state index in [1.165, 1.54) is 10.2 Å². The highest BCUT2D eigenvalue weighted by Gasteiger charge is 2.30. The van der Waals surface area contributed by atoms with Crippen LogP contribution in [0.2, 0.25) is 0 Å². The van der Waals surface area contributed by atoms with Crippen molar-refractivity contribution in [2.24, 2.45) is 0 Å². The minimum Gasteiger partial charge on any atom is -0.493 e. The van der Waals surface area contributed by atoms with E-state index in [0.29, 0.717) is 35.9 Å². The predicted octanol–water partition coefficient (Wildman–Crippen LogP) is 3.45. The molecule has 0 spiro atoms. The first-order valence-electron chi connectivity index (χ1n) is 12.4. The van der Waals surface area contributed by atoms with Crippen molar-refractivity contribution < 1.29 is 14.3 Å². The van der Waals surface area contributed by atoms with Gasteiger partial charge in [0.15, 0.2) is 11.5 Å². The highest BCUT2D eigenvalue weighted by molar-refractivity contribution is 5.83. The van der Waals surface area contributed by atoms with Crippen molar-refractivity contribution in [2.75, 3.05) is 20.8 Å². The molecule has 0 unspecified atom stereocenters. The largest absolute Gasteiger partial charge is 0.493 e. The zero-order chi connectivity index (χ0) is 26.1. The molecule has 37 heavy (non-hydrogen) atoms. The molecule has 1 fully saturated rings. The first kappa shape index (κ1) is 24.5. The van der Waals surface area contributed by atoms with Crippen LogP contribution in [0.1, 0.15) is 41.1 Å². The first-order chi connectivity index (χ1) is 17.9. The number of hydrogen-bond donors (Lipinski definition) is 1. The lowest BCUT2D eigenvalue weighted by Crippen LogP contribution is -2.35. The molecule has 1 N–H and O–H groups in total. The van der Waals surface area contributed by atoms with E-state index in [1.807, 2.05) is 50.2 Å². The molecule has 2 heterocycles. The molecule has 1 amide bonds. The van der Waals surface area contributed by atoms with Crippen LogP contribution in [0.3, 0.4) is 0 Å². The van der Waals surface area contributed by atoms with Crippen molar-refractivity contribution in [2.45, 2.75) is 45.6 Å². The molecule has 9 heteroatoms. The number of ether oxygens (including phenoxy) is 2. The second-order valence-corrected chi connectivity index (χ2v) is 9.50. The molecule has 2 aromatic heterocycles. The fourth-order valence-electron chi connectivity index (χ4n) is 4.49. The predicted molar refractivity (Wildman–Crippen MR) is 141 cm³/mol. The van der Waals surface area contributed by atoms with E-state index in [9.17, 15) is 9.59 Å². The van der Waals surface area contributed by atoms with Gasteiger partial charge < -0.3 is 14.8 Å². The van der Waals surface area contributed by atoms with Crippen molar-refractivity contribution >= 4 is 16.8 Å². The molecule has 0 radical (unpaired) electrons. The number of carbonyl (C=O) groups is 1. The Balaban J connectivity index is 1.37. The molecular weight excluding hydrogens is 470 g/mol. The molecular formula is C28H31N5O4. The molecule has 1 aliphatic rings. The monoisotopic (exact) mass is 501 g/mol. The SMILES string of the molecule is COc1ccc(CCNC(=O)Cn2nc(C3CC3)c3cnn(-c4ccc(C)c(C)c4)c3c2=O)cc1OC. The summed E-state index contributed by atoms with van der Waals surface area (Å²) in [5, 5.41) is 12.8. The summed E-state index contributed by atoms with van der Waals surface area (Å²) in [7, 11) is 3.18. The molecule has 0 atom stereocenters. The number of aryl methyl sites for hydroxylation is 2. The van der Waals surface area contributed by atoms with Crippen LogP contribution in [0.15, 0.2) is 47.4 Å². The van der Waals surface area contributed by atoms with Gasteiger partial charge in [-0.1, -0.05) is 12.1 Å². The number of hydrogen-bond acceptors (Lipinski definition) is 6. The van der Waals surface area contributed by atoms with Gasteiger partial charge in [-0.2, -0.15) is 10.2 Å². The van der Waals surface area contributed by atoms with Crippen LogP contribution < -0.4 is 20.3 Å². The molecule has 1 saturated carbocycles. The van der Waals surface area contributed by atoms with E-state index >= 15 is 0 Å². The van der Waals surface area contributed by atoms with Crippen LogP contribution in [0.5, 0.6) is 11.5 Å². The molecule has 5 rings (SSSR count). The Morgan fingerprint density at radius 1 is 1.05 bits per heavy atom. The van der Waals surface area contributed by atoms with Gasteiger partial charge in [0.1, 0.15) is 12.1 Å². The van der Waals surface area contributed by atoms with E-state index in [-0.39, 0.29) is 18.0 Å². The normalized spacial score (nSPS) is 13.1. The standard InChI is InChI=1S/C28H31N5O4/c1-17-5-9-21(13-18(17)2)33-27-22(15-30-33)26(20-7-8-20)31-32(28(27)35)16-25(34)29-12-11-19-6-10-23(36-3)24(14-19)37-4/h5-6,9-10,13-15,20H,7-8,11-12,16H2,1-4H3,(H,29,34). The third kappa shape index (κ3) is 4.94. The van der Waals surface area contributed by atoms with E-state index in [0.717, 1.165) is 40.7 Å². The fraction of sp³-hybridized carbons (Fsp3) is 0.357. The lowest BCUT2D eigenvalue weighted by atomic mass is 10.1. The first-order valence-corrected chi connectivity index (χ1v) is 12.4. The number of rotatable bonds is 9. The maximum absolute atomic E-state index is 13.5. The Bertz CT molecular complexity index is 1530. The van der Waals surface area contributed by atoms with Gasteiger partial charge in [0.25, 0.3) is 5.56 Å². The molecule has 0 saturated heterocycles. The lowest BCUT2D eigenvalue weighted by molar-refractivity contribution is -0.121. The molecule has 1 aliphatic carbocycles. The number of benzene rings is 2. The summed E-state index contributed by atoms with van der Waals surface area (Å²) in [6, 6.07) is 11.7. The smallest absolute Gasteiger partial charge is 0.293 e. The van der Waals surface area contributed by atoms with Crippen molar-refractivity contribution in [1.29, 1.82) is 0 Å². The molecule has 0 aliphatic heterocycles. The summed E-state index contributed by atoms with van der Waals surface area (Å²) < 4.78 is 13.6. The van der Waals surface area contributed by atoms with Gasteiger partial charge >= 0.3 is 0 Å². The Morgan fingerprint density at radius 3 is 2.54 bits per heavy atom. The minimum atomic E-state index is -0.329. The van der Waals surface area contributed by atoms with Gasteiger partial charge in [-0.25, -0.2) is 9.36 Å². The van der Waals surface area contributed by atoms with Crippen LogP contribution >= 0.6 is 0 Å². The maximum Gasteiger partial charge on any atom is 0.293 e. The summed E-state index contributed by atoms with van der Waals surface area (Å²) in [6.45, 7) is 4.35. The van der Waals surface area contributed by atoms with Crippen molar-refractivity contribution in [3.8, 4) is 17.2 Å². The van der Waals surface area contributed by atoms with Crippen LogP contribution in [0.25, 0.3) is 16.6 Å². The number of aromatic nitrogens is 4. The molecule has 2 aromatic carbocycles. The van der Waals surface area contributed by atoms with E-state index < -0.39 is 0 Å². The van der Waals surface area contributed by atoms with Crippen LogP contribution in [0.4, 0.5) is 0 Å². The van der Waals surface area contributed by atoms with Crippen molar-refractivity contribution in [3.05, 3.63) is 75.3 Å². The zero-order valence-corrected chi connectivity index (χ0v) is 21.6. The topological polar surface area (TPSA) is 100 Å². The number of carbonyl (C=O) groups excluding carboxylic acids is 1. The highest BCUT2D eigenvalue weighted by Crippen LogP contribution is 2.41. The quantitative estimate of drug-likeness (QED) is 0.377. The summed E-state index contributed by atoms with van der Waals surface area (Å²) in [4.78, 5) is 26.3. The minimum absolute atomic E-state index is 0.154. The van der Waals surface area contributed by atoms with Crippen LogP contribution in [-0.2, 0) is 17.8 Å². The Morgan fingerprint density at radius 2 is 1.84 bits per heavy atom. The van der Waals surface area contributed by atoms with Gasteiger partial charge in [-0.05, 0) is 74.1 Å². The van der Waals surface area contributed by atoms with Crippen molar-refractivity contribution in [1.82, 2.24) is 24.9 Å². The average molecular weight is 502 g/mol. The number of methoxy groups -OCH3 is 2. The molecule has 192 valence electrons. The Hall–Kier alpha value is -4.14. The number of fused-ring (bicyclic) bond motifs is 1. The molecule has 4 aromatic rings. The second kappa shape index (κ2) is 10.1. The average Bonchev–Trinajstić information content (AvgIpc) is 3.64. The molecule has 0 bridgehead atoms. The summed E-state index contributed by atoms with van der Waals surface area (Å²) in [5.74, 6) is 1.32. The summed E-state index contributed by atoms with van der Waals surface area (Å²) >= 11 is 0. The lowest BCUT2D eigenvalue weighted by Gasteiger charge is -2.12. The second-order valence-electron chi connectivity index (χ2n) is 9.50. The van der Waals surface area contributed by atoms with Gasteiger partial charge in [-0.15, -0.1) is 0 Å².